The Balaban J connectivity index is 1.25. The van der Waals surface area contributed by atoms with Gasteiger partial charge in [0.15, 0.2) is 5.82 Å². The molecular weight excluding hydrogens is 354 g/mol. The maximum Gasteiger partial charge on any atom is 0.222 e. The van der Waals surface area contributed by atoms with Crippen molar-refractivity contribution >= 4 is 5.91 Å². The average molecular weight is 384 g/mol. The van der Waals surface area contributed by atoms with E-state index in [4.69, 9.17) is 0 Å². The van der Waals surface area contributed by atoms with Gasteiger partial charge in [-0.2, -0.15) is 4.68 Å². The Hall–Kier alpha value is -2.32. The molecule has 0 spiro atoms. The largest absolute Gasteiger partial charge is 0.340 e. The Morgan fingerprint density at radius 2 is 1.82 bits per heavy atom. The number of aromatic nitrogens is 4. The predicted molar refractivity (Wildman–Crippen MR) is 106 cm³/mol. The molecule has 2 saturated heterocycles. The molecule has 1 aromatic heterocycles. The third kappa shape index (κ3) is 4.74. The van der Waals surface area contributed by atoms with Crippen LogP contribution in [-0.4, -0.2) is 75.2 Å². The number of hydrogen-bond donors (Lipinski definition) is 1. The molecule has 2 aromatic rings. The smallest absolute Gasteiger partial charge is 0.222 e. The molecule has 0 aliphatic carbocycles. The van der Waals surface area contributed by atoms with Gasteiger partial charge in [-0.1, -0.05) is 18.2 Å². The second kappa shape index (κ2) is 9.25. The molecule has 0 saturated carbocycles. The molecule has 150 valence electrons. The number of hydrogen-bond acceptors (Lipinski definition) is 6. The number of carbonyl (C=O) groups excluding carboxylic acids is 1. The van der Waals surface area contributed by atoms with Gasteiger partial charge in [-0.15, -0.1) is 5.10 Å². The fourth-order valence-electron chi connectivity index (χ4n) is 4.09. The molecule has 3 heterocycles. The van der Waals surface area contributed by atoms with E-state index in [0.717, 1.165) is 57.2 Å². The lowest BCUT2D eigenvalue weighted by Gasteiger charge is -2.34. The van der Waals surface area contributed by atoms with Crippen LogP contribution in [0.15, 0.2) is 30.3 Å². The van der Waals surface area contributed by atoms with Crippen molar-refractivity contribution in [3.05, 3.63) is 36.2 Å². The molecule has 1 amide bonds. The van der Waals surface area contributed by atoms with Gasteiger partial charge in [-0.05, 0) is 60.8 Å². The van der Waals surface area contributed by atoms with Crippen LogP contribution in [0, 0.1) is 5.92 Å². The molecule has 8 heteroatoms. The van der Waals surface area contributed by atoms with Crippen molar-refractivity contribution in [1.29, 1.82) is 0 Å². The Morgan fingerprint density at radius 1 is 1.07 bits per heavy atom. The molecule has 2 aliphatic rings. The zero-order valence-corrected chi connectivity index (χ0v) is 16.3. The fourth-order valence-corrected chi connectivity index (χ4v) is 4.09. The summed E-state index contributed by atoms with van der Waals surface area (Å²) in [5.74, 6) is 1.85. The molecule has 0 bridgehead atoms. The number of piperidine rings is 1. The number of piperazine rings is 1. The van der Waals surface area contributed by atoms with E-state index in [1.165, 1.54) is 12.8 Å². The number of rotatable bonds is 6. The number of nitrogens with zero attached hydrogens (tertiary/aromatic N) is 6. The zero-order valence-electron chi connectivity index (χ0n) is 16.3. The van der Waals surface area contributed by atoms with E-state index < -0.39 is 0 Å². The highest BCUT2D eigenvalue weighted by atomic mass is 16.2. The van der Waals surface area contributed by atoms with E-state index in [9.17, 15) is 4.79 Å². The van der Waals surface area contributed by atoms with Gasteiger partial charge in [-0.25, -0.2) is 0 Å². The van der Waals surface area contributed by atoms with Crippen LogP contribution in [0.4, 0.5) is 0 Å². The number of benzene rings is 1. The second-order valence-electron chi connectivity index (χ2n) is 7.73. The molecular formula is C20H29N7O. The lowest BCUT2D eigenvalue weighted by atomic mass is 9.93. The second-order valence-corrected chi connectivity index (χ2v) is 7.73. The van der Waals surface area contributed by atoms with Crippen LogP contribution in [-0.2, 0) is 11.3 Å². The minimum atomic E-state index is 0.312. The number of para-hydroxylation sites is 1. The molecule has 0 unspecified atom stereocenters. The van der Waals surface area contributed by atoms with Crippen molar-refractivity contribution in [2.75, 3.05) is 39.3 Å². The van der Waals surface area contributed by atoms with E-state index >= 15 is 0 Å². The van der Waals surface area contributed by atoms with Crippen LogP contribution in [0.25, 0.3) is 5.69 Å². The zero-order chi connectivity index (χ0) is 19.2. The summed E-state index contributed by atoms with van der Waals surface area (Å²) in [6, 6.07) is 9.94. The lowest BCUT2D eigenvalue weighted by Crippen LogP contribution is -2.48. The van der Waals surface area contributed by atoms with E-state index in [1.807, 2.05) is 35.2 Å². The molecule has 2 fully saturated rings. The van der Waals surface area contributed by atoms with Gasteiger partial charge in [0.25, 0.3) is 0 Å². The van der Waals surface area contributed by atoms with Gasteiger partial charge in [0, 0.05) is 32.6 Å². The Morgan fingerprint density at radius 3 is 2.57 bits per heavy atom. The Labute approximate surface area is 165 Å². The summed E-state index contributed by atoms with van der Waals surface area (Å²) in [6.45, 7) is 6.19. The summed E-state index contributed by atoms with van der Waals surface area (Å²) in [7, 11) is 0. The molecule has 1 N–H and O–H groups in total. The highest BCUT2D eigenvalue weighted by Gasteiger charge is 2.23. The summed E-state index contributed by atoms with van der Waals surface area (Å²) in [5, 5.41) is 15.5. The van der Waals surface area contributed by atoms with Gasteiger partial charge in [0.1, 0.15) is 0 Å². The van der Waals surface area contributed by atoms with Gasteiger partial charge < -0.3 is 10.2 Å². The SMILES string of the molecule is O=C(CCC1CCNCC1)N1CCN(Cc2nnnn2-c2ccccc2)CC1. The summed E-state index contributed by atoms with van der Waals surface area (Å²) in [6.07, 6.45) is 4.14. The first kappa shape index (κ1) is 19.0. The average Bonchev–Trinajstić information content (AvgIpc) is 3.22. The third-order valence-corrected chi connectivity index (χ3v) is 5.85. The summed E-state index contributed by atoms with van der Waals surface area (Å²) in [4.78, 5) is 16.9. The first-order valence-electron chi connectivity index (χ1n) is 10.3. The van der Waals surface area contributed by atoms with Crippen molar-refractivity contribution in [2.24, 2.45) is 5.92 Å². The van der Waals surface area contributed by atoms with Gasteiger partial charge >= 0.3 is 0 Å². The fraction of sp³-hybridized carbons (Fsp3) is 0.600. The quantitative estimate of drug-likeness (QED) is 0.804. The normalized spacial score (nSPS) is 19.1. The molecule has 2 aliphatic heterocycles. The number of amides is 1. The Bertz CT molecular complexity index is 749. The third-order valence-electron chi connectivity index (χ3n) is 5.85. The monoisotopic (exact) mass is 383 g/mol. The van der Waals surface area contributed by atoms with Crippen LogP contribution < -0.4 is 5.32 Å². The highest BCUT2D eigenvalue weighted by molar-refractivity contribution is 5.76. The molecule has 8 nitrogen and oxygen atoms in total. The van der Waals surface area contributed by atoms with E-state index in [2.05, 4.69) is 25.7 Å². The van der Waals surface area contributed by atoms with E-state index in [0.29, 0.717) is 24.8 Å². The van der Waals surface area contributed by atoms with Crippen LogP contribution in [0.3, 0.4) is 0 Å². The maximum absolute atomic E-state index is 12.6. The van der Waals surface area contributed by atoms with Crippen LogP contribution in [0.2, 0.25) is 0 Å². The summed E-state index contributed by atoms with van der Waals surface area (Å²) >= 11 is 0. The minimum absolute atomic E-state index is 0.312. The number of nitrogens with one attached hydrogen (secondary N) is 1. The van der Waals surface area contributed by atoms with Crippen LogP contribution in [0.1, 0.15) is 31.5 Å². The number of carbonyl (C=O) groups is 1. The molecule has 28 heavy (non-hydrogen) atoms. The Kier molecular flexibility index (Phi) is 6.28. The topological polar surface area (TPSA) is 79.2 Å². The van der Waals surface area contributed by atoms with Crippen molar-refractivity contribution in [1.82, 2.24) is 35.3 Å². The summed E-state index contributed by atoms with van der Waals surface area (Å²) in [5.41, 5.74) is 0.967. The van der Waals surface area contributed by atoms with Crippen LogP contribution >= 0.6 is 0 Å². The first-order chi connectivity index (χ1) is 13.8. The standard InChI is InChI=1S/C20H29N7O/c28-20(7-6-17-8-10-21-11-9-17)26-14-12-25(13-15-26)16-19-22-23-24-27(19)18-4-2-1-3-5-18/h1-5,17,21H,6-16H2. The number of tetrazole rings is 1. The maximum atomic E-state index is 12.6. The van der Waals surface area contributed by atoms with Crippen molar-refractivity contribution in [2.45, 2.75) is 32.2 Å². The lowest BCUT2D eigenvalue weighted by molar-refractivity contribution is -0.133. The van der Waals surface area contributed by atoms with E-state index in [1.54, 1.807) is 4.68 Å². The highest BCUT2D eigenvalue weighted by Crippen LogP contribution is 2.19. The minimum Gasteiger partial charge on any atom is -0.340 e. The molecule has 0 radical (unpaired) electrons. The van der Waals surface area contributed by atoms with Crippen molar-refractivity contribution < 1.29 is 4.79 Å². The van der Waals surface area contributed by atoms with Gasteiger partial charge in [0.2, 0.25) is 5.91 Å². The summed E-state index contributed by atoms with van der Waals surface area (Å²) < 4.78 is 1.79. The predicted octanol–water partition coefficient (Wildman–Crippen LogP) is 1.09. The van der Waals surface area contributed by atoms with Crippen LogP contribution in [0.5, 0.6) is 0 Å². The molecule has 4 rings (SSSR count). The van der Waals surface area contributed by atoms with Gasteiger partial charge in [-0.3, -0.25) is 9.69 Å². The van der Waals surface area contributed by atoms with E-state index in [-0.39, 0.29) is 0 Å². The van der Waals surface area contributed by atoms with Crippen molar-refractivity contribution in [3.8, 4) is 5.69 Å². The van der Waals surface area contributed by atoms with Gasteiger partial charge in [0.05, 0.1) is 12.2 Å². The molecule has 1 aromatic carbocycles. The molecule has 0 atom stereocenters. The van der Waals surface area contributed by atoms with Crippen molar-refractivity contribution in [3.63, 3.8) is 0 Å². The first-order valence-corrected chi connectivity index (χ1v) is 10.3.